The average molecular weight is 499 g/mol. The molecule has 34 heavy (non-hydrogen) atoms. The number of halogens is 2. The third-order valence-electron chi connectivity index (χ3n) is 5.55. The number of hydrogen-bond donors (Lipinski definition) is 1. The van der Waals surface area contributed by atoms with Crippen LogP contribution in [-0.4, -0.2) is 56.6 Å². The molecule has 2 amide bonds. The molecular weight excluding hydrogens is 479 g/mol. The lowest BCUT2D eigenvalue weighted by Crippen LogP contribution is -2.49. The van der Waals surface area contributed by atoms with Crippen LogP contribution in [0.1, 0.15) is 5.69 Å². The second-order valence-corrected chi connectivity index (χ2v) is 9.26. The van der Waals surface area contributed by atoms with E-state index in [2.05, 4.69) is 20.3 Å². The first-order valence-electron chi connectivity index (χ1n) is 10.6. The van der Waals surface area contributed by atoms with Gasteiger partial charge in [0.1, 0.15) is 10.8 Å². The van der Waals surface area contributed by atoms with Crippen LogP contribution in [0.4, 0.5) is 14.9 Å². The number of nitrogens with one attached hydrogen (secondary N) is 1. The molecular formula is C23H20ClFN6O2S. The lowest BCUT2D eigenvalue weighted by Gasteiger charge is -2.34. The molecule has 2 aromatic carbocycles. The summed E-state index contributed by atoms with van der Waals surface area (Å²) in [7, 11) is 0. The minimum Gasteiger partial charge on any atom is -0.322 e. The minimum atomic E-state index is -0.468. The smallest absolute Gasteiger partial charge is 0.322 e. The van der Waals surface area contributed by atoms with Gasteiger partial charge in [0.05, 0.1) is 11.4 Å². The van der Waals surface area contributed by atoms with Crippen LogP contribution in [0.15, 0.2) is 59.4 Å². The molecule has 2 aromatic heterocycles. The van der Waals surface area contributed by atoms with E-state index in [4.69, 9.17) is 11.6 Å². The highest BCUT2D eigenvalue weighted by Gasteiger charge is 2.22. The molecule has 3 heterocycles. The zero-order valence-electron chi connectivity index (χ0n) is 17.9. The largest absolute Gasteiger partial charge is 0.322 e. The molecule has 5 rings (SSSR count). The van der Waals surface area contributed by atoms with Crippen molar-refractivity contribution in [3.05, 3.63) is 81.5 Å². The number of carbonyl (C=O) groups is 1. The maximum Gasteiger partial charge on any atom is 0.322 e. The van der Waals surface area contributed by atoms with Crippen LogP contribution in [-0.2, 0) is 6.54 Å². The number of amides is 2. The predicted molar refractivity (Wildman–Crippen MR) is 130 cm³/mol. The van der Waals surface area contributed by atoms with Crippen molar-refractivity contribution in [3.63, 3.8) is 0 Å². The number of fused-ring (bicyclic) bond motifs is 1. The third-order valence-corrected chi connectivity index (χ3v) is 6.76. The Hall–Kier alpha value is -3.34. The topological polar surface area (TPSA) is 82.8 Å². The second kappa shape index (κ2) is 9.49. The summed E-state index contributed by atoms with van der Waals surface area (Å²) in [5, 5.41) is 8.33. The Morgan fingerprint density at radius 2 is 1.82 bits per heavy atom. The van der Waals surface area contributed by atoms with Crippen molar-refractivity contribution >= 4 is 39.6 Å². The predicted octanol–water partition coefficient (Wildman–Crippen LogP) is 3.96. The molecule has 0 atom stereocenters. The highest BCUT2D eigenvalue weighted by Crippen LogP contribution is 2.25. The number of urea groups is 1. The molecule has 8 nitrogen and oxygen atoms in total. The van der Waals surface area contributed by atoms with E-state index < -0.39 is 5.82 Å². The molecule has 0 unspecified atom stereocenters. The van der Waals surface area contributed by atoms with Crippen LogP contribution in [0.25, 0.3) is 15.5 Å². The molecule has 0 saturated carbocycles. The Balaban J connectivity index is 1.23. The first kappa shape index (κ1) is 22.5. The van der Waals surface area contributed by atoms with Gasteiger partial charge in [0.25, 0.3) is 5.56 Å². The molecule has 1 aliphatic rings. The number of hydrogen-bond acceptors (Lipinski definition) is 6. The quantitative estimate of drug-likeness (QED) is 0.460. The van der Waals surface area contributed by atoms with Gasteiger partial charge in [-0.15, -0.1) is 0 Å². The molecule has 1 fully saturated rings. The summed E-state index contributed by atoms with van der Waals surface area (Å²) in [6, 6.07) is 14.5. The minimum absolute atomic E-state index is 0.162. The molecule has 0 spiro atoms. The molecule has 1 aliphatic heterocycles. The maximum absolute atomic E-state index is 13.8. The molecule has 1 N–H and O–H groups in total. The van der Waals surface area contributed by atoms with Crippen LogP contribution in [0.5, 0.6) is 0 Å². The van der Waals surface area contributed by atoms with Crippen LogP contribution in [0, 0.1) is 5.82 Å². The standard InChI is InChI=1S/C23H20ClFN6O2S/c24-16-7-5-15(6-8-16)21-28-31-20(32)13-17(26-23(31)34-21)14-29-9-11-30(12-10-29)22(33)27-19-4-2-1-3-18(19)25/h1-8,13H,9-12,14H2,(H,27,33). The lowest BCUT2D eigenvalue weighted by atomic mass is 10.2. The van der Waals surface area contributed by atoms with Crippen molar-refractivity contribution in [2.24, 2.45) is 0 Å². The van der Waals surface area contributed by atoms with Crippen molar-refractivity contribution in [1.82, 2.24) is 24.4 Å². The van der Waals surface area contributed by atoms with Gasteiger partial charge in [-0.3, -0.25) is 9.69 Å². The van der Waals surface area contributed by atoms with E-state index in [-0.39, 0.29) is 17.3 Å². The summed E-state index contributed by atoms with van der Waals surface area (Å²) in [6.45, 7) is 2.70. The van der Waals surface area contributed by atoms with Crippen molar-refractivity contribution in [2.45, 2.75) is 6.54 Å². The lowest BCUT2D eigenvalue weighted by molar-refractivity contribution is 0.142. The first-order valence-corrected chi connectivity index (χ1v) is 11.8. The number of benzene rings is 2. The van der Waals surface area contributed by atoms with E-state index in [1.54, 1.807) is 29.2 Å². The molecule has 0 radical (unpaired) electrons. The zero-order chi connectivity index (χ0) is 23.7. The Kier molecular flexibility index (Phi) is 6.27. The van der Waals surface area contributed by atoms with E-state index in [1.807, 2.05) is 12.1 Å². The molecule has 11 heteroatoms. The number of aromatic nitrogens is 3. The van der Waals surface area contributed by atoms with Gasteiger partial charge in [0.15, 0.2) is 0 Å². The van der Waals surface area contributed by atoms with Crippen LogP contribution in [0.3, 0.4) is 0 Å². The number of carbonyl (C=O) groups excluding carboxylic acids is 1. The summed E-state index contributed by atoms with van der Waals surface area (Å²) in [6.07, 6.45) is 0. The van der Waals surface area contributed by atoms with E-state index in [9.17, 15) is 14.0 Å². The highest BCUT2D eigenvalue weighted by molar-refractivity contribution is 7.19. The summed E-state index contributed by atoms with van der Waals surface area (Å²) in [5.74, 6) is -0.468. The van der Waals surface area contributed by atoms with Crippen LogP contribution >= 0.6 is 22.9 Å². The maximum atomic E-state index is 13.8. The van der Waals surface area contributed by atoms with Gasteiger partial charge in [0.2, 0.25) is 4.96 Å². The van der Waals surface area contributed by atoms with Crippen molar-refractivity contribution in [2.75, 3.05) is 31.5 Å². The highest BCUT2D eigenvalue weighted by atomic mass is 35.5. The van der Waals surface area contributed by atoms with Crippen LogP contribution in [0.2, 0.25) is 5.02 Å². The van der Waals surface area contributed by atoms with Gasteiger partial charge in [-0.05, 0) is 24.3 Å². The number of rotatable bonds is 4. The van der Waals surface area contributed by atoms with Crippen molar-refractivity contribution < 1.29 is 9.18 Å². The van der Waals surface area contributed by atoms with Gasteiger partial charge in [0, 0.05) is 49.4 Å². The van der Waals surface area contributed by atoms with Gasteiger partial charge >= 0.3 is 6.03 Å². The van der Waals surface area contributed by atoms with E-state index in [0.29, 0.717) is 53.4 Å². The summed E-state index contributed by atoms with van der Waals surface area (Å²) >= 11 is 7.30. The summed E-state index contributed by atoms with van der Waals surface area (Å²) in [5.41, 5.74) is 1.45. The zero-order valence-corrected chi connectivity index (χ0v) is 19.5. The Morgan fingerprint density at radius 3 is 2.56 bits per heavy atom. The third kappa shape index (κ3) is 4.79. The Morgan fingerprint density at radius 1 is 1.09 bits per heavy atom. The first-order chi connectivity index (χ1) is 16.5. The Bertz CT molecular complexity index is 1400. The fourth-order valence-corrected chi connectivity index (χ4v) is 4.80. The SMILES string of the molecule is O=C(Nc1ccccc1F)N1CCN(Cc2cc(=O)n3nc(-c4ccc(Cl)cc4)sc3n2)CC1. The van der Waals surface area contributed by atoms with E-state index >= 15 is 0 Å². The molecule has 4 aromatic rings. The number of piperazine rings is 1. The fourth-order valence-electron chi connectivity index (χ4n) is 3.74. The average Bonchev–Trinajstić information content (AvgIpc) is 3.26. The normalized spacial score (nSPS) is 14.5. The van der Waals surface area contributed by atoms with E-state index in [1.165, 1.54) is 34.1 Å². The Labute approximate surface area is 203 Å². The van der Waals surface area contributed by atoms with Gasteiger partial charge in [-0.25, -0.2) is 14.2 Å². The molecule has 174 valence electrons. The van der Waals surface area contributed by atoms with Gasteiger partial charge < -0.3 is 10.2 Å². The summed E-state index contributed by atoms with van der Waals surface area (Å²) < 4.78 is 15.1. The number of nitrogens with zero attached hydrogens (tertiary/aromatic N) is 5. The monoisotopic (exact) mass is 498 g/mol. The second-order valence-electron chi connectivity index (χ2n) is 7.87. The molecule has 0 aliphatic carbocycles. The van der Waals surface area contributed by atoms with Gasteiger partial charge in [-0.1, -0.05) is 47.2 Å². The number of anilines is 1. The number of para-hydroxylation sites is 1. The van der Waals surface area contributed by atoms with Crippen molar-refractivity contribution in [3.8, 4) is 10.6 Å². The van der Waals surface area contributed by atoms with Crippen molar-refractivity contribution in [1.29, 1.82) is 0 Å². The summed E-state index contributed by atoms with van der Waals surface area (Å²) in [4.78, 5) is 34.0. The van der Waals surface area contributed by atoms with Crippen LogP contribution < -0.4 is 10.9 Å². The van der Waals surface area contributed by atoms with Gasteiger partial charge in [-0.2, -0.15) is 9.61 Å². The fraction of sp³-hybridized carbons (Fsp3) is 0.217. The molecule has 0 bridgehead atoms. The van der Waals surface area contributed by atoms with E-state index in [0.717, 1.165) is 5.56 Å². The molecule has 1 saturated heterocycles.